The van der Waals surface area contributed by atoms with Crippen LogP contribution in [0, 0.1) is 0 Å². The molecule has 0 saturated carbocycles. The van der Waals surface area contributed by atoms with Crippen LogP contribution in [0.3, 0.4) is 0 Å². The van der Waals surface area contributed by atoms with Crippen molar-refractivity contribution >= 4 is 28.6 Å². The van der Waals surface area contributed by atoms with Gasteiger partial charge in [0, 0.05) is 0 Å². The zero-order valence-corrected chi connectivity index (χ0v) is 11.9. The number of hydrogen-bond acceptors (Lipinski definition) is 3. The molecule has 1 aromatic rings. The van der Waals surface area contributed by atoms with Crippen LogP contribution in [-0.4, -0.2) is 19.5 Å². The molecule has 0 unspecified atom stereocenters. The minimum absolute atomic E-state index is 0.749. The van der Waals surface area contributed by atoms with Gasteiger partial charge in [-0.3, -0.25) is 0 Å². The van der Waals surface area contributed by atoms with Gasteiger partial charge in [-0.05, 0) is 59.1 Å². The van der Waals surface area contributed by atoms with Gasteiger partial charge in [-0.25, -0.2) is 0 Å². The molecule has 0 heterocycles. The molecule has 1 rings (SSSR count). The van der Waals surface area contributed by atoms with E-state index < -0.39 is 0 Å². The van der Waals surface area contributed by atoms with E-state index in [1.807, 2.05) is 18.2 Å². The fourth-order valence-electron chi connectivity index (χ4n) is 1.30. The summed E-state index contributed by atoms with van der Waals surface area (Å²) >= 11 is 7.62. The van der Waals surface area contributed by atoms with Gasteiger partial charge in [0.05, 0.1) is 18.2 Å². The lowest BCUT2D eigenvalue weighted by Crippen LogP contribution is -1.98. The topological polar surface area (TPSA) is 18.5 Å². The van der Waals surface area contributed by atoms with Gasteiger partial charge < -0.3 is 9.47 Å². The number of halogens is 1. The van der Waals surface area contributed by atoms with Crippen molar-refractivity contribution < 1.29 is 9.47 Å². The minimum atomic E-state index is 0.749. The molecule has 2 nitrogen and oxygen atoms in total. The predicted octanol–water partition coefficient (Wildman–Crippen LogP) is 3.94. The summed E-state index contributed by atoms with van der Waals surface area (Å²) in [6, 6.07) is 5.72. The Morgan fingerprint density at radius 3 is 2.69 bits per heavy atom. The Morgan fingerprint density at radius 2 is 2.06 bits per heavy atom. The Labute approximate surface area is 111 Å². The normalized spacial score (nSPS) is 10.2. The van der Waals surface area contributed by atoms with Crippen LogP contribution in [0.15, 0.2) is 22.7 Å². The molecule has 0 radical (unpaired) electrons. The van der Waals surface area contributed by atoms with E-state index in [4.69, 9.17) is 9.47 Å². The highest BCUT2D eigenvalue weighted by Crippen LogP contribution is 2.29. The first kappa shape index (κ1) is 13.7. The molecule has 0 aromatic heterocycles. The molecular weight excluding hydrogens is 288 g/mol. The Balaban J connectivity index is 2.36. The van der Waals surface area contributed by atoms with Crippen LogP contribution in [0.2, 0.25) is 0 Å². The second kappa shape index (κ2) is 7.85. The van der Waals surface area contributed by atoms with Gasteiger partial charge in [-0.2, -0.15) is 12.6 Å². The molecule has 0 fully saturated rings. The minimum Gasteiger partial charge on any atom is -0.497 e. The molecule has 0 N–H and O–H groups in total. The summed E-state index contributed by atoms with van der Waals surface area (Å²) in [7, 11) is 1.65. The summed E-state index contributed by atoms with van der Waals surface area (Å²) in [5.41, 5.74) is 0. The first-order valence-corrected chi connectivity index (χ1v) is 6.77. The van der Waals surface area contributed by atoms with Crippen LogP contribution in [0.25, 0.3) is 0 Å². The zero-order valence-electron chi connectivity index (χ0n) is 9.41. The molecule has 0 aliphatic carbocycles. The van der Waals surface area contributed by atoms with E-state index in [1.165, 1.54) is 0 Å². The second-order valence-electron chi connectivity index (χ2n) is 3.43. The Morgan fingerprint density at radius 1 is 1.25 bits per heavy atom. The van der Waals surface area contributed by atoms with Crippen molar-refractivity contribution in [1.82, 2.24) is 0 Å². The monoisotopic (exact) mass is 304 g/mol. The molecule has 0 aliphatic heterocycles. The Hall–Kier alpha value is -0.350. The van der Waals surface area contributed by atoms with Gasteiger partial charge in [0.15, 0.2) is 0 Å². The van der Waals surface area contributed by atoms with Crippen molar-refractivity contribution in [3.05, 3.63) is 22.7 Å². The molecule has 0 spiro atoms. The molecule has 0 atom stereocenters. The zero-order chi connectivity index (χ0) is 11.8. The van der Waals surface area contributed by atoms with Crippen molar-refractivity contribution in [3.63, 3.8) is 0 Å². The Bertz CT molecular complexity index is 318. The van der Waals surface area contributed by atoms with E-state index in [2.05, 4.69) is 28.6 Å². The molecule has 0 bridgehead atoms. The average Bonchev–Trinajstić information content (AvgIpc) is 2.30. The van der Waals surface area contributed by atoms with Crippen LogP contribution in [0.5, 0.6) is 11.5 Å². The number of hydrogen-bond donors (Lipinski definition) is 1. The molecule has 0 amide bonds. The van der Waals surface area contributed by atoms with Crippen molar-refractivity contribution in [1.29, 1.82) is 0 Å². The number of unbranched alkanes of at least 4 members (excludes halogenated alkanes) is 2. The average molecular weight is 305 g/mol. The fraction of sp³-hybridized carbons (Fsp3) is 0.500. The predicted molar refractivity (Wildman–Crippen MR) is 73.9 cm³/mol. The van der Waals surface area contributed by atoms with Gasteiger partial charge in [0.25, 0.3) is 0 Å². The van der Waals surface area contributed by atoms with Crippen molar-refractivity contribution in [2.75, 3.05) is 19.5 Å². The van der Waals surface area contributed by atoms with Gasteiger partial charge in [-0.1, -0.05) is 0 Å². The summed E-state index contributed by atoms with van der Waals surface area (Å²) in [4.78, 5) is 0. The highest BCUT2D eigenvalue weighted by molar-refractivity contribution is 9.10. The van der Waals surface area contributed by atoms with E-state index in [0.717, 1.165) is 47.6 Å². The lowest BCUT2D eigenvalue weighted by molar-refractivity contribution is 0.304. The lowest BCUT2D eigenvalue weighted by atomic mass is 10.2. The largest absolute Gasteiger partial charge is 0.497 e. The molecular formula is C12H17BrO2S. The van der Waals surface area contributed by atoms with E-state index in [-0.39, 0.29) is 0 Å². The number of methoxy groups -OCH3 is 1. The highest BCUT2D eigenvalue weighted by Gasteiger charge is 2.02. The molecule has 0 saturated heterocycles. The number of benzene rings is 1. The summed E-state index contributed by atoms with van der Waals surface area (Å²) in [5, 5.41) is 0. The summed E-state index contributed by atoms with van der Waals surface area (Å²) in [6.45, 7) is 0.749. The van der Waals surface area contributed by atoms with Crippen molar-refractivity contribution in [2.45, 2.75) is 19.3 Å². The van der Waals surface area contributed by atoms with Gasteiger partial charge in [0.2, 0.25) is 0 Å². The molecule has 90 valence electrons. The second-order valence-corrected chi connectivity index (χ2v) is 4.73. The first-order chi connectivity index (χ1) is 7.77. The van der Waals surface area contributed by atoms with Crippen LogP contribution >= 0.6 is 28.6 Å². The van der Waals surface area contributed by atoms with Gasteiger partial charge >= 0.3 is 0 Å². The maximum Gasteiger partial charge on any atom is 0.133 e. The summed E-state index contributed by atoms with van der Waals surface area (Å²) < 4.78 is 11.7. The van der Waals surface area contributed by atoms with Gasteiger partial charge in [0.1, 0.15) is 11.5 Å². The van der Waals surface area contributed by atoms with Gasteiger partial charge in [-0.15, -0.1) is 0 Å². The molecule has 1 aromatic carbocycles. The first-order valence-electron chi connectivity index (χ1n) is 5.35. The van der Waals surface area contributed by atoms with Crippen LogP contribution in [0.4, 0.5) is 0 Å². The highest BCUT2D eigenvalue weighted by atomic mass is 79.9. The maximum atomic E-state index is 5.66. The lowest BCUT2D eigenvalue weighted by Gasteiger charge is -2.09. The van der Waals surface area contributed by atoms with Crippen LogP contribution in [0.1, 0.15) is 19.3 Å². The fourth-order valence-corrected chi connectivity index (χ4v) is 1.99. The SMILES string of the molecule is COc1ccc(OCCCCCS)c(Br)c1. The van der Waals surface area contributed by atoms with Crippen molar-refractivity contribution in [2.24, 2.45) is 0 Å². The Kier molecular flexibility index (Phi) is 6.73. The third-order valence-electron chi connectivity index (χ3n) is 2.20. The third-order valence-corrected chi connectivity index (χ3v) is 3.13. The standard InChI is InChI=1S/C12H17BrO2S/c1-14-10-5-6-12(11(13)9-10)15-7-3-2-4-8-16/h5-6,9,16H,2-4,7-8H2,1H3. The summed E-state index contributed by atoms with van der Waals surface area (Å²) in [5.74, 6) is 2.65. The van der Waals surface area contributed by atoms with Crippen LogP contribution in [-0.2, 0) is 0 Å². The quantitative estimate of drug-likeness (QED) is 0.607. The van der Waals surface area contributed by atoms with E-state index in [0.29, 0.717) is 0 Å². The van der Waals surface area contributed by atoms with E-state index in [9.17, 15) is 0 Å². The smallest absolute Gasteiger partial charge is 0.133 e. The number of rotatable bonds is 7. The number of thiol groups is 1. The third kappa shape index (κ3) is 4.66. The molecule has 16 heavy (non-hydrogen) atoms. The number of ether oxygens (including phenoxy) is 2. The maximum absolute atomic E-state index is 5.66. The van der Waals surface area contributed by atoms with Crippen LogP contribution < -0.4 is 9.47 Å². The van der Waals surface area contributed by atoms with E-state index in [1.54, 1.807) is 7.11 Å². The summed E-state index contributed by atoms with van der Waals surface area (Å²) in [6.07, 6.45) is 3.38. The van der Waals surface area contributed by atoms with Crippen molar-refractivity contribution in [3.8, 4) is 11.5 Å². The molecule has 0 aliphatic rings. The molecule has 4 heteroatoms. The van der Waals surface area contributed by atoms with E-state index >= 15 is 0 Å².